The first-order valence-electron chi connectivity index (χ1n) is 11.0. The van der Waals surface area contributed by atoms with Crippen LogP contribution in [-0.4, -0.2) is 48.1 Å². The van der Waals surface area contributed by atoms with E-state index in [4.69, 9.17) is 4.98 Å². The molecule has 172 valence electrons. The van der Waals surface area contributed by atoms with Crippen LogP contribution in [0.4, 0.5) is 0 Å². The van der Waals surface area contributed by atoms with Crippen LogP contribution in [0.25, 0.3) is 0 Å². The molecular weight excluding hydrogens is 517 g/mol. The van der Waals surface area contributed by atoms with E-state index in [2.05, 4.69) is 83.9 Å². The maximum Gasteiger partial charge on any atom is 0.191 e. The van der Waals surface area contributed by atoms with Gasteiger partial charge < -0.3 is 10.6 Å². The largest absolute Gasteiger partial charge is 0.356 e. The monoisotopic (exact) mass is 555 g/mol. The van der Waals surface area contributed by atoms with Crippen LogP contribution in [0.5, 0.6) is 0 Å². The fraction of sp³-hybridized carbons (Fsp3) is 0.583. The second-order valence-corrected chi connectivity index (χ2v) is 10.2. The SMILES string of the molecule is CN=C(NCCc1nc(C(C)(C)C)cs1)NC1CCN(Cc2ccccc2)C(C)C1.I. The number of rotatable bonds is 6. The summed E-state index contributed by atoms with van der Waals surface area (Å²) in [7, 11) is 1.85. The van der Waals surface area contributed by atoms with E-state index in [1.165, 1.54) is 16.3 Å². The molecule has 2 N–H and O–H groups in total. The van der Waals surface area contributed by atoms with Crippen LogP contribution in [0.2, 0.25) is 0 Å². The topological polar surface area (TPSA) is 52.6 Å². The predicted octanol–water partition coefficient (Wildman–Crippen LogP) is 4.82. The third-order valence-electron chi connectivity index (χ3n) is 5.76. The molecule has 0 amide bonds. The fourth-order valence-corrected chi connectivity index (χ4v) is 4.88. The highest BCUT2D eigenvalue weighted by Crippen LogP contribution is 2.24. The van der Waals surface area contributed by atoms with Gasteiger partial charge in [-0.15, -0.1) is 35.3 Å². The number of nitrogens with one attached hydrogen (secondary N) is 2. The van der Waals surface area contributed by atoms with Crippen molar-refractivity contribution in [1.82, 2.24) is 20.5 Å². The summed E-state index contributed by atoms with van der Waals surface area (Å²) in [5, 5.41) is 10.5. The van der Waals surface area contributed by atoms with Crippen molar-refractivity contribution in [1.29, 1.82) is 0 Å². The van der Waals surface area contributed by atoms with Crippen LogP contribution in [0, 0.1) is 0 Å². The van der Waals surface area contributed by atoms with Gasteiger partial charge >= 0.3 is 0 Å². The van der Waals surface area contributed by atoms with Gasteiger partial charge in [0, 0.05) is 56.0 Å². The van der Waals surface area contributed by atoms with Gasteiger partial charge in [0.2, 0.25) is 0 Å². The second-order valence-electron chi connectivity index (χ2n) is 9.30. The van der Waals surface area contributed by atoms with Crippen LogP contribution in [-0.2, 0) is 18.4 Å². The molecule has 1 aromatic carbocycles. The first kappa shape index (κ1) is 26.1. The summed E-state index contributed by atoms with van der Waals surface area (Å²) in [6, 6.07) is 11.8. The number of nitrogens with zero attached hydrogens (tertiary/aromatic N) is 3. The molecule has 1 aromatic heterocycles. The minimum Gasteiger partial charge on any atom is -0.356 e. The molecule has 2 atom stereocenters. The van der Waals surface area contributed by atoms with E-state index in [0.717, 1.165) is 44.9 Å². The second kappa shape index (κ2) is 12.2. The Hall–Kier alpha value is -1.19. The number of thiazole rings is 1. The van der Waals surface area contributed by atoms with Crippen LogP contribution in [0.3, 0.4) is 0 Å². The molecule has 0 bridgehead atoms. The molecule has 2 aromatic rings. The molecule has 1 fully saturated rings. The zero-order chi connectivity index (χ0) is 21.6. The van der Waals surface area contributed by atoms with Crippen LogP contribution < -0.4 is 10.6 Å². The Bertz CT molecular complexity index is 815. The van der Waals surface area contributed by atoms with Crippen molar-refractivity contribution in [2.45, 2.75) is 71.0 Å². The van der Waals surface area contributed by atoms with E-state index in [1.54, 1.807) is 11.3 Å². The third kappa shape index (κ3) is 8.02. The van der Waals surface area contributed by atoms with Crippen molar-refractivity contribution < 1.29 is 0 Å². The number of benzene rings is 1. The summed E-state index contributed by atoms with van der Waals surface area (Å²) < 4.78 is 0. The maximum atomic E-state index is 4.79. The summed E-state index contributed by atoms with van der Waals surface area (Å²) in [6.07, 6.45) is 3.20. The average Bonchev–Trinajstić information content (AvgIpc) is 3.19. The highest BCUT2D eigenvalue weighted by molar-refractivity contribution is 14.0. The number of piperidine rings is 1. The van der Waals surface area contributed by atoms with Crippen molar-refractivity contribution in [2.75, 3.05) is 20.1 Å². The van der Waals surface area contributed by atoms with E-state index in [-0.39, 0.29) is 29.4 Å². The van der Waals surface area contributed by atoms with Gasteiger partial charge in [0.25, 0.3) is 0 Å². The van der Waals surface area contributed by atoms with E-state index in [1.807, 2.05) is 7.05 Å². The molecule has 7 heteroatoms. The minimum absolute atomic E-state index is 0. The molecule has 0 saturated carbocycles. The van der Waals surface area contributed by atoms with E-state index in [9.17, 15) is 0 Å². The number of aliphatic imine (C=N–C) groups is 1. The van der Waals surface area contributed by atoms with E-state index >= 15 is 0 Å². The lowest BCUT2D eigenvalue weighted by Gasteiger charge is -2.38. The van der Waals surface area contributed by atoms with Gasteiger partial charge in [-0.3, -0.25) is 9.89 Å². The number of halogens is 1. The number of hydrogen-bond acceptors (Lipinski definition) is 4. The van der Waals surface area contributed by atoms with Crippen LogP contribution in [0.1, 0.15) is 56.8 Å². The molecule has 2 unspecified atom stereocenters. The van der Waals surface area contributed by atoms with E-state index < -0.39 is 0 Å². The average molecular weight is 556 g/mol. The van der Waals surface area contributed by atoms with Crippen LogP contribution in [0.15, 0.2) is 40.7 Å². The standard InChI is InChI=1S/C24H37N5S.HI/c1-18-15-20(12-14-29(18)16-19-9-7-6-8-10-19)27-23(25-5)26-13-11-22-28-21(17-30-22)24(2,3)4;/h6-10,17-18,20H,11-16H2,1-5H3,(H2,25,26,27);1H. The first-order valence-corrected chi connectivity index (χ1v) is 11.9. The predicted molar refractivity (Wildman–Crippen MR) is 144 cm³/mol. The van der Waals surface area contributed by atoms with Gasteiger partial charge in [-0.1, -0.05) is 51.1 Å². The van der Waals surface area contributed by atoms with Gasteiger partial charge in [0.15, 0.2) is 5.96 Å². The summed E-state index contributed by atoms with van der Waals surface area (Å²) in [5.74, 6) is 0.899. The number of aromatic nitrogens is 1. The van der Waals surface area contributed by atoms with Crippen molar-refractivity contribution in [2.24, 2.45) is 4.99 Å². The van der Waals surface area contributed by atoms with Gasteiger partial charge in [0.1, 0.15) is 0 Å². The van der Waals surface area contributed by atoms with E-state index in [0.29, 0.717) is 12.1 Å². The molecule has 31 heavy (non-hydrogen) atoms. The molecular formula is C24H38IN5S. The zero-order valence-electron chi connectivity index (χ0n) is 19.5. The highest BCUT2D eigenvalue weighted by atomic mass is 127. The smallest absolute Gasteiger partial charge is 0.191 e. The van der Waals surface area contributed by atoms with Crippen molar-refractivity contribution in [3.05, 3.63) is 52.0 Å². The summed E-state index contributed by atoms with van der Waals surface area (Å²) in [6.45, 7) is 12.0. The fourth-order valence-electron chi connectivity index (χ4n) is 3.85. The maximum absolute atomic E-state index is 4.79. The Kier molecular flexibility index (Phi) is 10.2. The molecule has 2 heterocycles. The van der Waals surface area contributed by atoms with Gasteiger partial charge in [-0.25, -0.2) is 4.98 Å². The third-order valence-corrected chi connectivity index (χ3v) is 6.67. The van der Waals surface area contributed by atoms with Crippen LogP contribution >= 0.6 is 35.3 Å². The normalized spacial score (nSPS) is 20.2. The lowest BCUT2D eigenvalue weighted by molar-refractivity contribution is 0.134. The molecule has 1 aliphatic rings. The Morgan fingerprint density at radius 1 is 1.26 bits per heavy atom. The van der Waals surface area contributed by atoms with Crippen molar-refractivity contribution in [3.63, 3.8) is 0 Å². The lowest BCUT2D eigenvalue weighted by Crippen LogP contribution is -2.51. The molecule has 1 saturated heterocycles. The number of likely N-dealkylation sites (tertiary alicyclic amines) is 1. The zero-order valence-corrected chi connectivity index (χ0v) is 22.7. The summed E-state index contributed by atoms with van der Waals surface area (Å²) in [5.41, 5.74) is 2.69. The van der Waals surface area contributed by atoms with Gasteiger partial charge in [-0.2, -0.15) is 0 Å². The Balaban J connectivity index is 0.00000341. The van der Waals surface area contributed by atoms with Crippen molar-refractivity contribution in [3.8, 4) is 0 Å². The first-order chi connectivity index (χ1) is 14.3. The molecule has 3 rings (SSSR count). The molecule has 0 spiro atoms. The quantitative estimate of drug-likeness (QED) is 0.305. The highest BCUT2D eigenvalue weighted by Gasteiger charge is 2.26. The molecule has 5 nitrogen and oxygen atoms in total. The minimum atomic E-state index is 0. The Morgan fingerprint density at radius 2 is 2.00 bits per heavy atom. The summed E-state index contributed by atoms with van der Waals surface area (Å²) in [4.78, 5) is 11.8. The van der Waals surface area contributed by atoms with Gasteiger partial charge in [0.05, 0.1) is 10.7 Å². The Labute approximate surface area is 209 Å². The number of hydrogen-bond donors (Lipinski definition) is 2. The molecule has 0 radical (unpaired) electrons. The van der Waals surface area contributed by atoms with Crippen molar-refractivity contribution >= 4 is 41.3 Å². The molecule has 0 aliphatic carbocycles. The Morgan fingerprint density at radius 3 is 2.61 bits per heavy atom. The van der Waals surface area contributed by atoms with Gasteiger partial charge in [-0.05, 0) is 25.3 Å². The number of guanidine groups is 1. The lowest BCUT2D eigenvalue weighted by atomic mass is 9.93. The summed E-state index contributed by atoms with van der Waals surface area (Å²) >= 11 is 1.76. The molecule has 1 aliphatic heterocycles.